The molecule has 0 saturated heterocycles. The molecule has 0 spiro atoms. The molecule has 5 heteroatoms. The highest BCUT2D eigenvalue weighted by molar-refractivity contribution is 7.58. The Morgan fingerprint density at radius 2 is 1.71 bits per heavy atom. The van der Waals surface area contributed by atoms with Crippen molar-refractivity contribution in [3.8, 4) is 0 Å². The summed E-state index contributed by atoms with van der Waals surface area (Å²) >= 11 is 3.18. The van der Waals surface area contributed by atoms with Crippen molar-refractivity contribution in [3.05, 3.63) is 15.3 Å². The molecule has 44 valence electrons. The molecule has 0 aromatic rings. The molecule has 0 fully saturated rings. The quantitative estimate of drug-likeness (QED) is 0.255. The van der Waals surface area contributed by atoms with Crippen LogP contribution in [0, 0.1) is 15.3 Å². The predicted octanol–water partition coefficient (Wildman–Crippen LogP) is -0.221. The molecule has 0 saturated carbocycles. The molecular formula is C2H7NO3S. The second kappa shape index (κ2) is 9.12. The molecule has 0 amide bonds. The van der Waals surface area contributed by atoms with Crippen LogP contribution in [-0.4, -0.2) is 10.8 Å². The summed E-state index contributed by atoms with van der Waals surface area (Å²) in [6, 6.07) is 0. The summed E-state index contributed by atoms with van der Waals surface area (Å²) in [5.41, 5.74) is 0. The van der Waals surface area contributed by atoms with Gasteiger partial charge in [-0.1, -0.05) is 0 Å². The van der Waals surface area contributed by atoms with E-state index in [9.17, 15) is 0 Å². The summed E-state index contributed by atoms with van der Waals surface area (Å²) in [5.74, 6) is 1.06. The third-order valence-corrected chi connectivity index (χ3v) is 0. The van der Waals surface area contributed by atoms with Gasteiger partial charge in [0.15, 0.2) is 0 Å². The topological polar surface area (TPSA) is 66.2 Å². The lowest BCUT2D eigenvalue weighted by Crippen LogP contribution is -1.74. The van der Waals surface area contributed by atoms with Crippen molar-refractivity contribution in [1.82, 2.24) is 0 Å². The fourth-order valence-corrected chi connectivity index (χ4v) is 0. The average molecular weight is 125 g/mol. The number of hydrogen-bond donors (Lipinski definition) is 0. The minimum Gasteiger partial charge on any atom is -0.356 e. The summed E-state index contributed by atoms with van der Waals surface area (Å²) < 4.78 is 0. The molecule has 7 heavy (non-hydrogen) atoms. The summed E-state index contributed by atoms with van der Waals surface area (Å²) in [6.45, 7) is 2.04. The Morgan fingerprint density at radius 3 is 1.71 bits per heavy atom. The first-order valence-electron chi connectivity index (χ1n) is 1.61. The predicted molar refractivity (Wildman–Crippen MR) is 31.1 cm³/mol. The molecule has 4 nitrogen and oxygen atoms in total. The number of rotatable bonds is 0. The van der Waals surface area contributed by atoms with E-state index in [-0.39, 0.29) is 0 Å². The van der Waals surface area contributed by atoms with Gasteiger partial charge in [0.05, 0.1) is 5.09 Å². The lowest BCUT2D eigenvalue weighted by Gasteiger charge is -1.74. The van der Waals surface area contributed by atoms with E-state index in [1.54, 1.807) is 0 Å². The first-order valence-corrected chi connectivity index (χ1v) is 2.32. The summed E-state index contributed by atoms with van der Waals surface area (Å²) in [6.07, 6.45) is 0. The van der Waals surface area contributed by atoms with Crippen LogP contribution in [0.15, 0.2) is 0 Å². The normalized spacial score (nSPS) is 6.00. The smallest absolute Gasteiger partial charge is 0.100 e. The Morgan fingerprint density at radius 1 is 1.71 bits per heavy atom. The molecule has 0 rings (SSSR count). The van der Waals surface area contributed by atoms with E-state index in [0.717, 1.165) is 5.75 Å². The molecule has 0 atom stereocenters. The van der Waals surface area contributed by atoms with Crippen molar-refractivity contribution in [3.63, 3.8) is 0 Å². The van der Waals surface area contributed by atoms with Gasteiger partial charge in [-0.3, -0.25) is 0 Å². The second-order valence-electron chi connectivity index (χ2n) is 0.577. The first kappa shape index (κ1) is 9.75. The fourth-order valence-electron chi connectivity index (χ4n) is 0. The molecule has 0 aromatic heterocycles. The molecule has 0 aliphatic heterocycles. The number of nitrogens with zero attached hydrogens (tertiary/aromatic N) is 1. The van der Waals surface area contributed by atoms with Crippen LogP contribution in [0.5, 0.6) is 0 Å². The van der Waals surface area contributed by atoms with Crippen molar-refractivity contribution in [2.75, 3.05) is 5.75 Å². The lowest BCUT2D eigenvalue weighted by atomic mass is 11.0. The molecule has 0 aliphatic rings. The zero-order valence-corrected chi connectivity index (χ0v) is 4.88. The van der Waals surface area contributed by atoms with Gasteiger partial charge in [-0.2, -0.15) is 0 Å². The Bertz CT molecular complexity index is 44.2. The van der Waals surface area contributed by atoms with Crippen LogP contribution in [0.2, 0.25) is 0 Å². The van der Waals surface area contributed by atoms with Gasteiger partial charge >= 0.3 is 0 Å². The maximum absolute atomic E-state index is 8.25. The van der Waals surface area contributed by atoms with Crippen LogP contribution in [0.1, 0.15) is 6.92 Å². The largest absolute Gasteiger partial charge is 0.356 e. The van der Waals surface area contributed by atoms with Gasteiger partial charge in [-0.05, 0) is 19.6 Å². The molecule has 0 aromatic carbocycles. The van der Waals surface area contributed by atoms with Gasteiger partial charge in [-0.25, -0.2) is 0 Å². The highest BCUT2D eigenvalue weighted by atomic mass is 32.1. The molecule has 0 bridgehead atoms. The van der Waals surface area contributed by atoms with E-state index in [4.69, 9.17) is 15.3 Å². The van der Waals surface area contributed by atoms with E-state index < -0.39 is 5.09 Å². The van der Waals surface area contributed by atoms with Crippen LogP contribution in [0.25, 0.3) is 0 Å². The Labute approximate surface area is 46.7 Å². The van der Waals surface area contributed by atoms with E-state index >= 15 is 0 Å². The molecular weight excluding hydrogens is 118 g/mol. The standard InChI is InChI=1S/C2H6S.NO3/c1-2-3;2-1(3)4/h3H,2H2,1H3;/q;-1/p+1. The summed E-state index contributed by atoms with van der Waals surface area (Å²) in [5, 5.41) is 14.8. The zero-order chi connectivity index (χ0) is 6.28. The van der Waals surface area contributed by atoms with Crippen LogP contribution in [-0.2, 0) is 12.6 Å². The van der Waals surface area contributed by atoms with Crippen molar-refractivity contribution in [2.45, 2.75) is 6.92 Å². The van der Waals surface area contributed by atoms with Gasteiger partial charge in [-0.15, -0.1) is 0 Å². The van der Waals surface area contributed by atoms with Crippen LogP contribution < -0.4 is 0 Å². The average Bonchev–Trinajstić information content (AvgIpc) is 1.33. The molecule has 0 aliphatic carbocycles. The minimum atomic E-state index is -1.75. The van der Waals surface area contributed by atoms with E-state index in [0.29, 0.717) is 0 Å². The highest BCUT2D eigenvalue weighted by Gasteiger charge is 1.45. The van der Waals surface area contributed by atoms with Crippen molar-refractivity contribution in [2.24, 2.45) is 0 Å². The highest BCUT2D eigenvalue weighted by Crippen LogP contribution is 1.44. The maximum atomic E-state index is 8.25. The Balaban J connectivity index is 0. The third kappa shape index (κ3) is 345. The molecule has 0 heterocycles. The van der Waals surface area contributed by atoms with Gasteiger partial charge < -0.3 is 15.3 Å². The molecule has 0 N–H and O–H groups in total. The summed E-state index contributed by atoms with van der Waals surface area (Å²) in [7, 11) is 0. The van der Waals surface area contributed by atoms with Gasteiger partial charge in [0.25, 0.3) is 0 Å². The van der Waals surface area contributed by atoms with E-state index in [1.807, 2.05) is 6.92 Å². The van der Waals surface area contributed by atoms with Crippen molar-refractivity contribution in [1.29, 1.82) is 0 Å². The van der Waals surface area contributed by atoms with Crippen molar-refractivity contribution < 1.29 is 5.09 Å². The van der Waals surface area contributed by atoms with Crippen LogP contribution in [0.4, 0.5) is 0 Å². The molecule has 0 unspecified atom stereocenters. The van der Waals surface area contributed by atoms with E-state index in [1.165, 1.54) is 0 Å². The van der Waals surface area contributed by atoms with Crippen LogP contribution in [0.3, 0.4) is 0 Å². The third-order valence-electron chi connectivity index (χ3n) is 0. The monoisotopic (exact) mass is 125 g/mol. The fraction of sp³-hybridized carbons (Fsp3) is 1.00. The van der Waals surface area contributed by atoms with E-state index in [2.05, 4.69) is 12.6 Å². The Hall–Kier alpha value is -0.450. The minimum absolute atomic E-state index is 1.06. The first-order chi connectivity index (χ1) is 3.15. The lowest BCUT2D eigenvalue weighted by molar-refractivity contribution is -0.402. The maximum Gasteiger partial charge on any atom is 0.100 e. The van der Waals surface area contributed by atoms with Gasteiger partial charge in [0, 0.05) is 0 Å². The molecule has 0 radical (unpaired) electrons. The second-order valence-corrected chi connectivity index (χ2v) is 1.28. The number of hydrogen-bond acceptors (Lipinski definition) is 3. The van der Waals surface area contributed by atoms with Gasteiger partial charge in [0.2, 0.25) is 0 Å². The Kier molecular flexibility index (Phi) is 12.7. The summed E-state index contributed by atoms with van der Waals surface area (Å²) in [4.78, 5) is 8.25. The van der Waals surface area contributed by atoms with Crippen LogP contribution >= 0.6 is 0 Å². The zero-order valence-electron chi connectivity index (χ0n) is 3.88. The SMILES string of the molecule is CC[SH2+].O=[N+]([O-])[O-]. The van der Waals surface area contributed by atoms with Gasteiger partial charge in [0.1, 0.15) is 5.75 Å². The van der Waals surface area contributed by atoms with Crippen molar-refractivity contribution >= 4 is 12.6 Å².